The van der Waals surface area contributed by atoms with E-state index in [9.17, 15) is 9.59 Å². The second kappa shape index (κ2) is 17.6. The average molecular weight is 786 g/mol. The fraction of sp³-hybridized carbons (Fsp3) is 0.326. The molecule has 5 heterocycles. The van der Waals surface area contributed by atoms with Crippen LogP contribution in [0.5, 0.6) is 17.2 Å². The maximum atomic E-state index is 13.5. The number of esters is 2. The van der Waals surface area contributed by atoms with Crippen LogP contribution in [0.3, 0.4) is 0 Å². The zero-order chi connectivity index (χ0) is 38.3. The lowest BCUT2D eigenvalue weighted by Gasteiger charge is -2.44. The summed E-state index contributed by atoms with van der Waals surface area (Å²) >= 11 is 12.9. The number of piperidine rings is 3. The number of benzene rings is 3. The van der Waals surface area contributed by atoms with Gasteiger partial charge in [0.15, 0.2) is 11.5 Å². The van der Waals surface area contributed by atoms with E-state index in [1.54, 1.807) is 37.4 Å². The van der Waals surface area contributed by atoms with Crippen molar-refractivity contribution < 1.29 is 37.7 Å². The van der Waals surface area contributed by atoms with Gasteiger partial charge in [0, 0.05) is 31.3 Å². The van der Waals surface area contributed by atoms with E-state index in [0.717, 1.165) is 43.6 Å². The van der Waals surface area contributed by atoms with Crippen molar-refractivity contribution in [3.05, 3.63) is 141 Å². The van der Waals surface area contributed by atoms with E-state index in [4.69, 9.17) is 51.3 Å². The predicted octanol–water partition coefficient (Wildman–Crippen LogP) is 8.88. The Morgan fingerprint density at radius 2 is 1.60 bits per heavy atom. The lowest BCUT2D eigenvalue weighted by atomic mass is 9.85. The molecular weight excluding hydrogens is 743 g/mol. The third-order valence-corrected chi connectivity index (χ3v) is 11.0. The standard InChI is InChI=1S/C43H42Cl2N2O8/c1-50-37-13-11-30(20-40(37)51-2)39(21-34-35(44)23-46-24-36(34)45)55-43(49)38-14-12-32(53-38)26-52-31-10-6-9-29(19-31)33(27-7-4-3-5-8-27)22-42(48)54-41-25-47-17-15-28(41)16-18-47/h3-14,19-20,23-24,28,33,39,41H,15-18,21-22,25-26H2,1-2H3/t33-,39+,41-/m0/s1. The number of halogens is 2. The quantitative estimate of drug-likeness (QED) is 0.0956. The first-order valence-electron chi connectivity index (χ1n) is 18.3. The highest BCUT2D eigenvalue weighted by Crippen LogP contribution is 2.37. The molecule has 3 fully saturated rings. The summed E-state index contributed by atoms with van der Waals surface area (Å²) in [6.45, 7) is 3.04. The van der Waals surface area contributed by atoms with Crippen molar-refractivity contribution in [2.75, 3.05) is 33.9 Å². The van der Waals surface area contributed by atoms with Gasteiger partial charge in [0.1, 0.15) is 30.3 Å². The van der Waals surface area contributed by atoms with Crippen LogP contribution in [0.1, 0.15) is 69.9 Å². The number of aromatic nitrogens is 1. The predicted molar refractivity (Wildman–Crippen MR) is 207 cm³/mol. The Morgan fingerprint density at radius 1 is 0.855 bits per heavy atom. The molecule has 5 aromatic rings. The van der Waals surface area contributed by atoms with Crippen molar-refractivity contribution in [3.63, 3.8) is 0 Å². The van der Waals surface area contributed by atoms with Gasteiger partial charge in [0.2, 0.25) is 5.76 Å². The fourth-order valence-electron chi connectivity index (χ4n) is 7.37. The first-order valence-corrected chi connectivity index (χ1v) is 19.0. The number of methoxy groups -OCH3 is 2. The number of nitrogens with zero attached hydrogens (tertiary/aromatic N) is 2. The number of fused-ring (bicyclic) bond motifs is 3. The SMILES string of the molecule is COc1ccc([C@@H](Cc2c(Cl)cncc2Cl)OC(=O)c2ccc(COc3cccc([C@@H](CC(=O)O[C@H]4CN5CCC4CC5)c4ccccc4)c3)o2)cc1OC. The largest absolute Gasteiger partial charge is 0.493 e. The minimum absolute atomic E-state index is 0.00427. The highest BCUT2D eigenvalue weighted by atomic mass is 35.5. The summed E-state index contributed by atoms with van der Waals surface area (Å²) in [4.78, 5) is 33.3. The molecule has 10 nitrogen and oxygen atoms in total. The summed E-state index contributed by atoms with van der Waals surface area (Å²) < 4.78 is 35.0. The van der Waals surface area contributed by atoms with Gasteiger partial charge in [0.05, 0.1) is 30.7 Å². The van der Waals surface area contributed by atoms with Gasteiger partial charge in [-0.25, -0.2) is 4.79 Å². The molecule has 0 spiro atoms. The zero-order valence-corrected chi connectivity index (χ0v) is 32.1. The first-order chi connectivity index (χ1) is 26.8. The van der Waals surface area contributed by atoms with E-state index in [1.807, 2.05) is 54.6 Å². The first kappa shape index (κ1) is 38.3. The molecular formula is C43H42Cl2N2O8. The number of hydrogen-bond donors (Lipinski definition) is 0. The van der Waals surface area contributed by atoms with Crippen molar-refractivity contribution in [1.29, 1.82) is 0 Å². The highest BCUT2D eigenvalue weighted by Gasteiger charge is 2.37. The Bertz CT molecular complexity index is 2080. The van der Waals surface area contributed by atoms with Crippen LogP contribution in [-0.2, 0) is 27.3 Å². The summed E-state index contributed by atoms with van der Waals surface area (Å²) in [5.74, 6) is 1.32. The summed E-state index contributed by atoms with van der Waals surface area (Å²) in [6.07, 6.45) is 4.64. The molecule has 55 heavy (non-hydrogen) atoms. The molecule has 0 saturated carbocycles. The molecule has 0 aliphatic carbocycles. The summed E-state index contributed by atoms with van der Waals surface area (Å²) in [5.41, 5.74) is 3.14. The number of ether oxygens (including phenoxy) is 5. The Morgan fingerprint density at radius 3 is 2.31 bits per heavy atom. The van der Waals surface area contributed by atoms with E-state index >= 15 is 0 Å². The summed E-state index contributed by atoms with van der Waals surface area (Å²) in [5, 5.41) is 0.685. The van der Waals surface area contributed by atoms with Crippen LogP contribution >= 0.6 is 23.2 Å². The second-order valence-electron chi connectivity index (χ2n) is 13.8. The summed E-state index contributed by atoms with van der Waals surface area (Å²) in [6, 6.07) is 26.1. The van der Waals surface area contributed by atoms with Crippen LogP contribution in [0, 0.1) is 5.92 Å². The maximum Gasteiger partial charge on any atom is 0.374 e. The van der Waals surface area contributed by atoms with E-state index in [0.29, 0.717) is 50.1 Å². The Balaban J connectivity index is 1.03. The van der Waals surface area contributed by atoms with Crippen molar-refractivity contribution in [1.82, 2.24) is 9.88 Å². The molecule has 0 N–H and O–H groups in total. The van der Waals surface area contributed by atoms with Gasteiger partial charge in [0.25, 0.3) is 0 Å². The van der Waals surface area contributed by atoms with Gasteiger partial charge in [-0.3, -0.25) is 14.7 Å². The third kappa shape index (κ3) is 9.27. The lowest BCUT2D eigenvalue weighted by Crippen LogP contribution is -2.52. The minimum atomic E-state index is -0.817. The minimum Gasteiger partial charge on any atom is -0.493 e. The molecule has 2 aromatic heterocycles. The van der Waals surface area contributed by atoms with E-state index < -0.39 is 12.1 Å². The van der Waals surface area contributed by atoms with Gasteiger partial charge < -0.3 is 28.1 Å². The second-order valence-corrected chi connectivity index (χ2v) is 14.6. The molecule has 0 radical (unpaired) electrons. The molecule has 3 aliphatic rings. The van der Waals surface area contributed by atoms with Crippen LogP contribution in [-0.4, -0.2) is 61.8 Å². The number of rotatable bonds is 15. The topological polar surface area (TPSA) is 110 Å². The van der Waals surface area contributed by atoms with Crippen LogP contribution in [0.15, 0.2) is 102 Å². The van der Waals surface area contributed by atoms with Gasteiger partial charge in [-0.2, -0.15) is 0 Å². The fourth-order valence-corrected chi connectivity index (χ4v) is 7.89. The number of carbonyl (C=O) groups excluding carboxylic acids is 2. The van der Waals surface area contributed by atoms with Crippen LogP contribution in [0.4, 0.5) is 0 Å². The molecule has 0 amide bonds. The Labute approximate surface area is 330 Å². The van der Waals surface area contributed by atoms with Crippen LogP contribution < -0.4 is 14.2 Å². The summed E-state index contributed by atoms with van der Waals surface area (Å²) in [7, 11) is 3.07. The molecule has 3 atom stereocenters. The van der Waals surface area contributed by atoms with Crippen molar-refractivity contribution in [2.24, 2.45) is 5.92 Å². The molecule has 0 unspecified atom stereocenters. The van der Waals surface area contributed by atoms with Crippen molar-refractivity contribution in [2.45, 2.75) is 50.4 Å². The van der Waals surface area contributed by atoms with Crippen molar-refractivity contribution in [3.8, 4) is 17.2 Å². The Hall–Kier alpha value is -5.03. The molecule has 12 heteroatoms. The number of hydrogen-bond acceptors (Lipinski definition) is 10. The monoisotopic (exact) mass is 784 g/mol. The van der Waals surface area contributed by atoms with Gasteiger partial charge in [-0.1, -0.05) is 71.7 Å². The molecule has 3 saturated heterocycles. The molecule has 286 valence electrons. The number of carbonyl (C=O) groups is 2. The van der Waals surface area contributed by atoms with Crippen molar-refractivity contribution >= 4 is 35.1 Å². The number of furan rings is 1. The highest BCUT2D eigenvalue weighted by molar-refractivity contribution is 6.35. The van der Waals surface area contributed by atoms with E-state index in [1.165, 1.54) is 19.5 Å². The third-order valence-electron chi connectivity index (χ3n) is 10.3. The zero-order valence-electron chi connectivity index (χ0n) is 30.6. The average Bonchev–Trinajstić information content (AvgIpc) is 3.70. The maximum absolute atomic E-state index is 13.5. The van der Waals surface area contributed by atoms with Crippen LogP contribution in [0.25, 0.3) is 0 Å². The molecule has 3 aromatic carbocycles. The lowest BCUT2D eigenvalue weighted by molar-refractivity contribution is -0.159. The Kier molecular flexibility index (Phi) is 12.3. The molecule has 2 bridgehead atoms. The van der Waals surface area contributed by atoms with E-state index in [-0.39, 0.29) is 43.2 Å². The van der Waals surface area contributed by atoms with Gasteiger partial charge in [-0.15, -0.1) is 0 Å². The van der Waals surface area contributed by atoms with Gasteiger partial charge in [-0.05, 0) is 90.5 Å². The van der Waals surface area contributed by atoms with Gasteiger partial charge >= 0.3 is 11.9 Å². The number of pyridine rings is 1. The van der Waals surface area contributed by atoms with E-state index in [2.05, 4.69) is 9.88 Å². The normalized spacial score (nSPS) is 18.6. The van der Waals surface area contributed by atoms with Crippen LogP contribution in [0.2, 0.25) is 10.0 Å². The smallest absolute Gasteiger partial charge is 0.374 e. The molecule has 3 aliphatic heterocycles. The molecule has 8 rings (SSSR count).